The first-order valence-electron chi connectivity index (χ1n) is 12.8. The number of ether oxygens (including phenoxy) is 2. The smallest absolute Gasteiger partial charge is 0.305 e. The molecule has 0 aliphatic carbocycles. The van der Waals surface area contributed by atoms with Crippen molar-refractivity contribution in [3.63, 3.8) is 0 Å². The van der Waals surface area contributed by atoms with Gasteiger partial charge in [-0.2, -0.15) is 5.10 Å². The number of carbonyl (C=O) groups excluding carboxylic acids is 1. The Labute approximate surface area is 213 Å². The van der Waals surface area contributed by atoms with Gasteiger partial charge in [0, 0.05) is 35.6 Å². The molecular weight excluding hydrogens is 450 g/mol. The quantitative estimate of drug-likeness (QED) is 0.175. The number of rotatable bonds is 12. The van der Waals surface area contributed by atoms with Crippen molar-refractivity contribution in [3.05, 3.63) is 89.0 Å². The largest absolute Gasteiger partial charge is 0.466 e. The first-order valence-corrected chi connectivity index (χ1v) is 12.8. The number of aryl methyl sites for hydroxylation is 2. The van der Waals surface area contributed by atoms with Gasteiger partial charge in [0.05, 0.1) is 31.0 Å². The highest BCUT2D eigenvalue weighted by atomic mass is 16.5. The van der Waals surface area contributed by atoms with Crippen LogP contribution in [0.3, 0.4) is 0 Å². The van der Waals surface area contributed by atoms with E-state index in [0.29, 0.717) is 26.2 Å². The molecule has 3 heterocycles. The molecule has 0 amide bonds. The molecule has 0 saturated heterocycles. The van der Waals surface area contributed by atoms with Gasteiger partial charge in [-0.15, -0.1) is 0 Å². The van der Waals surface area contributed by atoms with Gasteiger partial charge < -0.3 is 9.47 Å². The van der Waals surface area contributed by atoms with Crippen molar-refractivity contribution in [1.29, 1.82) is 0 Å². The fraction of sp³-hybridized carbons (Fsp3) is 0.367. The third-order valence-corrected chi connectivity index (χ3v) is 6.30. The van der Waals surface area contributed by atoms with Crippen LogP contribution >= 0.6 is 0 Å². The summed E-state index contributed by atoms with van der Waals surface area (Å²) in [7, 11) is 0. The van der Waals surface area contributed by atoms with Crippen LogP contribution in [0.2, 0.25) is 0 Å². The second-order valence-corrected chi connectivity index (χ2v) is 9.02. The predicted molar refractivity (Wildman–Crippen MR) is 142 cm³/mol. The number of hydrogen-bond acceptors (Lipinski definition) is 5. The van der Waals surface area contributed by atoms with Gasteiger partial charge in [0.15, 0.2) is 0 Å². The maximum atomic E-state index is 11.9. The normalized spacial score (nSPS) is 11.2. The summed E-state index contributed by atoms with van der Waals surface area (Å²) in [6.45, 7) is 7.40. The summed E-state index contributed by atoms with van der Waals surface area (Å²) in [6.07, 6.45) is 7.53. The number of pyridine rings is 1. The number of fused-ring (bicyclic) bond motifs is 1. The predicted octanol–water partition coefficient (Wildman–Crippen LogP) is 6.26. The highest BCUT2D eigenvalue weighted by Gasteiger charge is 2.19. The molecule has 6 heteroatoms. The zero-order valence-corrected chi connectivity index (χ0v) is 21.5. The van der Waals surface area contributed by atoms with Crippen LogP contribution in [0.1, 0.15) is 61.2 Å². The topological polar surface area (TPSA) is 65.7 Å². The molecule has 0 atom stereocenters. The number of carbonyl (C=O) groups is 1. The van der Waals surface area contributed by atoms with Crippen LogP contribution in [-0.2, 0) is 40.3 Å². The molecule has 0 fully saturated rings. The van der Waals surface area contributed by atoms with E-state index in [1.54, 1.807) is 0 Å². The molecule has 0 radical (unpaired) electrons. The van der Waals surface area contributed by atoms with Gasteiger partial charge >= 0.3 is 5.97 Å². The summed E-state index contributed by atoms with van der Waals surface area (Å²) in [5, 5.41) is 5.07. The van der Waals surface area contributed by atoms with Crippen LogP contribution in [0.25, 0.3) is 16.6 Å². The van der Waals surface area contributed by atoms with Crippen LogP contribution in [-0.4, -0.2) is 27.2 Å². The van der Waals surface area contributed by atoms with Gasteiger partial charge in [0.25, 0.3) is 0 Å². The number of hydrogen-bond donors (Lipinski definition) is 0. The fourth-order valence-electron chi connectivity index (χ4n) is 4.57. The van der Waals surface area contributed by atoms with E-state index in [0.717, 1.165) is 70.4 Å². The van der Waals surface area contributed by atoms with E-state index >= 15 is 0 Å². The van der Waals surface area contributed by atoms with Crippen LogP contribution in [0.15, 0.2) is 60.9 Å². The van der Waals surface area contributed by atoms with Crippen LogP contribution < -0.4 is 0 Å². The first-order chi connectivity index (χ1) is 17.6. The van der Waals surface area contributed by atoms with Crippen LogP contribution in [0.4, 0.5) is 0 Å². The SMILES string of the molecule is CCOC(=O)CCCCc1c(COCc2ccccc2)nn2c(CC)ccc2c1-c1cncc(C)c1. The molecule has 6 nitrogen and oxygen atoms in total. The zero-order chi connectivity index (χ0) is 25.3. The minimum absolute atomic E-state index is 0.139. The summed E-state index contributed by atoms with van der Waals surface area (Å²) in [5.41, 5.74) is 8.79. The molecule has 4 rings (SSSR count). The van der Waals surface area contributed by atoms with Crippen molar-refractivity contribution < 1.29 is 14.3 Å². The summed E-state index contributed by atoms with van der Waals surface area (Å²) in [6, 6.07) is 16.7. The Kier molecular flexibility index (Phi) is 8.85. The maximum absolute atomic E-state index is 11.9. The Morgan fingerprint density at radius 3 is 2.58 bits per heavy atom. The third-order valence-electron chi connectivity index (χ3n) is 6.30. The minimum atomic E-state index is -0.139. The first kappa shape index (κ1) is 25.6. The molecule has 4 aromatic rings. The molecule has 0 bridgehead atoms. The lowest BCUT2D eigenvalue weighted by atomic mass is 9.94. The molecule has 0 spiro atoms. The second kappa shape index (κ2) is 12.5. The molecule has 3 aromatic heterocycles. The third kappa shape index (κ3) is 6.18. The minimum Gasteiger partial charge on any atom is -0.466 e. The van der Waals surface area contributed by atoms with E-state index in [1.807, 2.05) is 37.5 Å². The van der Waals surface area contributed by atoms with E-state index in [2.05, 4.69) is 53.7 Å². The van der Waals surface area contributed by atoms with Crippen molar-refractivity contribution in [1.82, 2.24) is 14.6 Å². The molecular formula is C30H35N3O3. The van der Waals surface area contributed by atoms with Crippen molar-refractivity contribution in [2.75, 3.05) is 6.61 Å². The van der Waals surface area contributed by atoms with E-state index in [9.17, 15) is 4.79 Å². The monoisotopic (exact) mass is 485 g/mol. The Morgan fingerprint density at radius 2 is 1.83 bits per heavy atom. The molecule has 1 aromatic carbocycles. The highest BCUT2D eigenvalue weighted by molar-refractivity contribution is 5.83. The van der Waals surface area contributed by atoms with Crippen LogP contribution in [0.5, 0.6) is 0 Å². The number of esters is 1. The Balaban J connectivity index is 1.71. The lowest BCUT2D eigenvalue weighted by Crippen LogP contribution is -2.11. The summed E-state index contributed by atoms with van der Waals surface area (Å²) < 4.78 is 13.3. The molecule has 0 aliphatic heterocycles. The molecule has 0 saturated carbocycles. The van der Waals surface area contributed by atoms with Crippen molar-refractivity contribution in [3.8, 4) is 11.1 Å². The summed E-state index contributed by atoms with van der Waals surface area (Å²) >= 11 is 0. The Hall–Kier alpha value is -3.51. The van der Waals surface area contributed by atoms with Crippen molar-refractivity contribution in [2.24, 2.45) is 0 Å². The standard InChI is InChI=1S/C30H35N3O3/c1-4-25-15-16-28-30(24-17-22(3)18-31-19-24)26(13-9-10-14-29(34)36-5-2)27(32-33(25)28)21-35-20-23-11-7-6-8-12-23/h6-8,11-12,15-19H,4-5,9-10,13-14,20-21H2,1-3H3. The molecule has 0 aliphatic rings. The summed E-state index contributed by atoms with van der Waals surface area (Å²) in [5.74, 6) is -0.139. The second-order valence-electron chi connectivity index (χ2n) is 9.02. The molecule has 0 N–H and O–H groups in total. The average Bonchev–Trinajstić information content (AvgIpc) is 3.29. The van der Waals surface area contributed by atoms with Crippen molar-refractivity contribution >= 4 is 11.5 Å². The Bertz CT molecular complexity index is 1300. The van der Waals surface area contributed by atoms with E-state index in [4.69, 9.17) is 14.6 Å². The molecule has 0 unspecified atom stereocenters. The van der Waals surface area contributed by atoms with Gasteiger partial charge in [-0.05, 0) is 74.4 Å². The number of aromatic nitrogens is 3. The lowest BCUT2D eigenvalue weighted by molar-refractivity contribution is -0.143. The maximum Gasteiger partial charge on any atom is 0.305 e. The van der Waals surface area contributed by atoms with Gasteiger partial charge in [0.1, 0.15) is 0 Å². The van der Waals surface area contributed by atoms with Gasteiger partial charge in [-0.1, -0.05) is 37.3 Å². The molecule has 36 heavy (non-hydrogen) atoms. The number of nitrogens with zero attached hydrogens (tertiary/aromatic N) is 3. The number of unbranched alkanes of at least 4 members (excludes halogenated alkanes) is 1. The van der Waals surface area contributed by atoms with Gasteiger partial charge in [-0.3, -0.25) is 9.78 Å². The van der Waals surface area contributed by atoms with Crippen molar-refractivity contribution in [2.45, 2.75) is 66.1 Å². The van der Waals surface area contributed by atoms with E-state index in [1.165, 1.54) is 0 Å². The van der Waals surface area contributed by atoms with Gasteiger partial charge in [0.2, 0.25) is 0 Å². The van der Waals surface area contributed by atoms with E-state index < -0.39 is 0 Å². The lowest BCUT2D eigenvalue weighted by Gasteiger charge is -2.18. The molecule has 188 valence electrons. The average molecular weight is 486 g/mol. The van der Waals surface area contributed by atoms with E-state index in [-0.39, 0.29) is 5.97 Å². The number of benzene rings is 1. The highest BCUT2D eigenvalue weighted by Crippen LogP contribution is 2.33. The fourth-order valence-corrected chi connectivity index (χ4v) is 4.57. The Morgan fingerprint density at radius 1 is 1.00 bits per heavy atom. The summed E-state index contributed by atoms with van der Waals surface area (Å²) in [4.78, 5) is 16.4. The zero-order valence-electron chi connectivity index (χ0n) is 21.5. The van der Waals surface area contributed by atoms with Crippen LogP contribution in [0, 0.1) is 6.92 Å². The van der Waals surface area contributed by atoms with Gasteiger partial charge in [-0.25, -0.2) is 4.52 Å².